The van der Waals surface area contributed by atoms with Gasteiger partial charge in [-0.1, -0.05) is 12.1 Å². The van der Waals surface area contributed by atoms with Crippen LogP contribution in [0.5, 0.6) is 0 Å². The monoisotopic (exact) mass is 292 g/mol. The number of methoxy groups -OCH3 is 1. The zero-order chi connectivity index (χ0) is 15.7. The van der Waals surface area contributed by atoms with Crippen molar-refractivity contribution in [2.75, 3.05) is 13.7 Å². The van der Waals surface area contributed by atoms with Crippen molar-refractivity contribution < 1.29 is 19.2 Å². The molecule has 0 spiro atoms. The normalized spacial score (nSPS) is 10.3. The molecule has 0 fully saturated rings. The Balaban J connectivity index is 2.48. The largest absolute Gasteiger partial charge is 0.469 e. The van der Waals surface area contributed by atoms with Crippen LogP contribution in [0.1, 0.15) is 18.4 Å². The summed E-state index contributed by atoms with van der Waals surface area (Å²) in [5.74, 6) is -0.710. The number of carbonyl (C=O) groups is 2. The highest BCUT2D eigenvalue weighted by atomic mass is 16.6. The standard InChI is InChI=1S/C14H16N2O5/c1-21-14(18)7-4-10-15-13(17)9-8-11-5-2-3-6-12(11)16(19)20/h2-3,5-6,8-9H,4,7,10H2,1H3,(H,15,17)/b9-8+. The molecule has 7 nitrogen and oxygen atoms in total. The van der Waals surface area contributed by atoms with Crippen LogP contribution in [0.4, 0.5) is 5.69 Å². The maximum Gasteiger partial charge on any atom is 0.305 e. The number of ether oxygens (including phenoxy) is 1. The van der Waals surface area contributed by atoms with Gasteiger partial charge in [-0.3, -0.25) is 19.7 Å². The van der Waals surface area contributed by atoms with Gasteiger partial charge in [0.25, 0.3) is 5.69 Å². The van der Waals surface area contributed by atoms with Crippen molar-refractivity contribution in [2.24, 2.45) is 0 Å². The van der Waals surface area contributed by atoms with Gasteiger partial charge in [0.15, 0.2) is 0 Å². The second kappa shape index (κ2) is 8.47. The molecule has 1 amide bonds. The quantitative estimate of drug-likeness (QED) is 0.271. The topological polar surface area (TPSA) is 98.5 Å². The lowest BCUT2D eigenvalue weighted by atomic mass is 10.1. The van der Waals surface area contributed by atoms with Gasteiger partial charge in [0.1, 0.15) is 0 Å². The third-order valence-electron chi connectivity index (χ3n) is 2.63. The summed E-state index contributed by atoms with van der Waals surface area (Å²) >= 11 is 0. The van der Waals surface area contributed by atoms with E-state index in [1.54, 1.807) is 18.2 Å². The molecular formula is C14H16N2O5. The molecule has 112 valence electrons. The lowest BCUT2D eigenvalue weighted by molar-refractivity contribution is -0.385. The van der Waals surface area contributed by atoms with E-state index >= 15 is 0 Å². The van der Waals surface area contributed by atoms with Crippen LogP contribution >= 0.6 is 0 Å². The molecule has 1 aromatic rings. The first kappa shape index (κ1) is 16.4. The fraction of sp³-hybridized carbons (Fsp3) is 0.286. The Labute approximate surface area is 121 Å². The molecule has 0 atom stereocenters. The first-order valence-corrected chi connectivity index (χ1v) is 6.30. The average Bonchev–Trinajstić information content (AvgIpc) is 2.49. The summed E-state index contributed by atoms with van der Waals surface area (Å²) < 4.78 is 4.47. The summed E-state index contributed by atoms with van der Waals surface area (Å²) in [6, 6.07) is 6.14. The van der Waals surface area contributed by atoms with Crippen molar-refractivity contribution in [1.29, 1.82) is 0 Å². The van der Waals surface area contributed by atoms with E-state index < -0.39 is 4.92 Å². The van der Waals surface area contributed by atoms with E-state index in [-0.39, 0.29) is 24.0 Å². The highest BCUT2D eigenvalue weighted by Crippen LogP contribution is 2.18. The number of carbonyl (C=O) groups excluding carboxylic acids is 2. The Bertz CT molecular complexity index is 554. The minimum atomic E-state index is -0.506. The van der Waals surface area contributed by atoms with Crippen LogP contribution < -0.4 is 5.32 Å². The van der Waals surface area contributed by atoms with Gasteiger partial charge < -0.3 is 10.1 Å². The van der Waals surface area contributed by atoms with Crippen LogP contribution in [-0.2, 0) is 14.3 Å². The number of rotatable bonds is 7. The average molecular weight is 292 g/mol. The molecule has 1 N–H and O–H groups in total. The fourth-order valence-electron chi connectivity index (χ4n) is 1.57. The molecule has 1 aromatic carbocycles. The number of hydrogen-bond acceptors (Lipinski definition) is 5. The maximum absolute atomic E-state index is 11.5. The molecule has 0 heterocycles. The number of benzene rings is 1. The third kappa shape index (κ3) is 5.85. The summed E-state index contributed by atoms with van der Waals surface area (Å²) in [6.07, 6.45) is 3.30. The van der Waals surface area contributed by atoms with Crippen LogP contribution in [0, 0.1) is 10.1 Å². The maximum atomic E-state index is 11.5. The number of nitrogens with one attached hydrogen (secondary N) is 1. The molecule has 0 saturated carbocycles. The van der Waals surface area contributed by atoms with Crippen molar-refractivity contribution in [1.82, 2.24) is 5.32 Å². The zero-order valence-electron chi connectivity index (χ0n) is 11.6. The lowest BCUT2D eigenvalue weighted by Gasteiger charge is -2.01. The first-order chi connectivity index (χ1) is 10.0. The molecule has 7 heteroatoms. The Morgan fingerprint density at radius 3 is 2.76 bits per heavy atom. The van der Waals surface area contributed by atoms with Gasteiger partial charge in [0, 0.05) is 25.1 Å². The zero-order valence-corrected chi connectivity index (χ0v) is 11.6. The predicted molar refractivity (Wildman–Crippen MR) is 76.4 cm³/mol. The van der Waals surface area contributed by atoms with Crippen LogP contribution in [0.2, 0.25) is 0 Å². The lowest BCUT2D eigenvalue weighted by Crippen LogP contribution is -2.22. The van der Waals surface area contributed by atoms with E-state index in [2.05, 4.69) is 10.1 Å². The minimum absolute atomic E-state index is 0.0627. The van der Waals surface area contributed by atoms with E-state index in [0.717, 1.165) is 0 Å². The summed E-state index contributed by atoms with van der Waals surface area (Å²) in [5.41, 5.74) is 0.291. The van der Waals surface area contributed by atoms with E-state index in [1.165, 1.54) is 25.3 Å². The van der Waals surface area contributed by atoms with Crippen LogP contribution in [-0.4, -0.2) is 30.5 Å². The van der Waals surface area contributed by atoms with Gasteiger partial charge in [0.2, 0.25) is 5.91 Å². The minimum Gasteiger partial charge on any atom is -0.469 e. The van der Waals surface area contributed by atoms with Gasteiger partial charge in [0.05, 0.1) is 17.6 Å². The third-order valence-corrected chi connectivity index (χ3v) is 2.63. The van der Waals surface area contributed by atoms with Gasteiger partial charge in [-0.15, -0.1) is 0 Å². The molecule has 0 aliphatic carbocycles. The first-order valence-electron chi connectivity index (χ1n) is 6.30. The molecule has 0 unspecified atom stereocenters. The highest BCUT2D eigenvalue weighted by Gasteiger charge is 2.09. The molecule has 0 aliphatic heterocycles. The van der Waals surface area contributed by atoms with E-state index in [4.69, 9.17) is 0 Å². The van der Waals surface area contributed by atoms with Crippen LogP contribution in [0.15, 0.2) is 30.3 Å². The highest BCUT2D eigenvalue weighted by molar-refractivity contribution is 5.92. The number of nitrogens with zero attached hydrogens (tertiary/aromatic N) is 1. The Morgan fingerprint density at radius 1 is 1.38 bits per heavy atom. The van der Waals surface area contributed by atoms with E-state index in [1.807, 2.05) is 0 Å². The summed E-state index contributed by atoms with van der Waals surface area (Å²) in [5, 5.41) is 13.4. The molecule has 0 aromatic heterocycles. The van der Waals surface area contributed by atoms with Crippen LogP contribution in [0.3, 0.4) is 0 Å². The molecule has 0 bridgehead atoms. The van der Waals surface area contributed by atoms with Crippen molar-refractivity contribution in [3.8, 4) is 0 Å². The van der Waals surface area contributed by atoms with Gasteiger partial charge >= 0.3 is 5.97 Å². The SMILES string of the molecule is COC(=O)CCCNC(=O)/C=C/c1ccccc1[N+](=O)[O-]. The summed E-state index contributed by atoms with van der Waals surface area (Å²) in [7, 11) is 1.30. The fourth-order valence-corrected chi connectivity index (χ4v) is 1.57. The molecular weight excluding hydrogens is 276 g/mol. The smallest absolute Gasteiger partial charge is 0.305 e. The number of amides is 1. The van der Waals surface area contributed by atoms with Crippen molar-refractivity contribution >= 4 is 23.6 Å². The second-order valence-corrected chi connectivity index (χ2v) is 4.12. The van der Waals surface area contributed by atoms with Crippen molar-refractivity contribution in [2.45, 2.75) is 12.8 Å². The van der Waals surface area contributed by atoms with E-state index in [9.17, 15) is 19.7 Å². The van der Waals surface area contributed by atoms with Crippen molar-refractivity contribution in [3.05, 3.63) is 46.0 Å². The summed E-state index contributed by atoms with van der Waals surface area (Å²) in [6.45, 7) is 0.329. The Hall–Kier alpha value is -2.70. The van der Waals surface area contributed by atoms with E-state index in [0.29, 0.717) is 18.5 Å². The molecule has 0 saturated heterocycles. The number of para-hydroxylation sites is 1. The van der Waals surface area contributed by atoms with Crippen LogP contribution in [0.25, 0.3) is 6.08 Å². The molecule has 0 radical (unpaired) electrons. The van der Waals surface area contributed by atoms with Gasteiger partial charge in [-0.05, 0) is 18.6 Å². The van der Waals surface area contributed by atoms with Gasteiger partial charge in [-0.2, -0.15) is 0 Å². The Morgan fingerprint density at radius 2 is 2.10 bits per heavy atom. The molecule has 1 rings (SSSR count). The second-order valence-electron chi connectivity index (χ2n) is 4.12. The van der Waals surface area contributed by atoms with Crippen molar-refractivity contribution in [3.63, 3.8) is 0 Å². The molecule has 21 heavy (non-hydrogen) atoms. The Kier molecular flexibility index (Phi) is 6.59. The molecule has 0 aliphatic rings. The number of esters is 1. The number of hydrogen-bond donors (Lipinski definition) is 1. The summed E-state index contributed by atoms with van der Waals surface area (Å²) in [4.78, 5) is 32.7. The number of nitro groups is 1. The number of nitro benzene ring substituents is 1. The predicted octanol–water partition coefficient (Wildman–Crippen LogP) is 1.68. The van der Waals surface area contributed by atoms with Gasteiger partial charge in [-0.25, -0.2) is 0 Å².